The van der Waals surface area contributed by atoms with Gasteiger partial charge in [-0.2, -0.15) is 0 Å². The molecule has 3 heteroatoms. The van der Waals surface area contributed by atoms with Crippen molar-refractivity contribution in [2.75, 3.05) is 0 Å². The van der Waals surface area contributed by atoms with Crippen LogP contribution in [0.2, 0.25) is 0 Å². The molecule has 0 amide bonds. The molecule has 0 saturated heterocycles. The molecule has 0 atom stereocenters. The van der Waals surface area contributed by atoms with Gasteiger partial charge < -0.3 is 4.42 Å². The lowest BCUT2D eigenvalue weighted by molar-refractivity contribution is 0.486. The fourth-order valence-electron chi connectivity index (χ4n) is 2.63. The Kier molecular flexibility index (Phi) is 4.25. The van der Waals surface area contributed by atoms with E-state index in [2.05, 4.69) is 15.9 Å². The number of hydrogen-bond donors (Lipinski definition) is 0. The van der Waals surface area contributed by atoms with Gasteiger partial charge in [0.25, 0.3) is 0 Å². The molecule has 22 heavy (non-hydrogen) atoms. The predicted octanol–water partition coefficient (Wildman–Crippen LogP) is 5.18. The summed E-state index contributed by atoms with van der Waals surface area (Å²) in [5, 5.41) is 0.502. The molecule has 1 heterocycles. The van der Waals surface area contributed by atoms with E-state index >= 15 is 0 Å². The lowest BCUT2D eigenvalue weighted by Gasteiger charge is -2.12. The van der Waals surface area contributed by atoms with Gasteiger partial charge in [-0.05, 0) is 18.1 Å². The maximum absolute atomic E-state index is 13.1. The van der Waals surface area contributed by atoms with Crippen LogP contribution in [0.5, 0.6) is 0 Å². The molecule has 0 bridgehead atoms. The van der Waals surface area contributed by atoms with E-state index in [9.17, 15) is 4.79 Å². The third-order valence-corrected chi connectivity index (χ3v) is 4.12. The second-order valence-corrected chi connectivity index (χ2v) is 5.59. The average molecular weight is 355 g/mol. The Morgan fingerprint density at radius 3 is 1.86 bits per heavy atom. The fraction of sp³-hybridized carbons (Fsp3) is 0.105. The summed E-state index contributed by atoms with van der Waals surface area (Å²) in [5.41, 5.74) is 3.02. The van der Waals surface area contributed by atoms with E-state index < -0.39 is 0 Å². The van der Waals surface area contributed by atoms with E-state index in [1.807, 2.05) is 67.6 Å². The lowest BCUT2D eigenvalue weighted by atomic mass is 9.98. The van der Waals surface area contributed by atoms with Crippen molar-refractivity contribution in [2.45, 2.75) is 12.3 Å². The quantitative estimate of drug-likeness (QED) is 0.606. The Bertz CT molecular complexity index is 837. The van der Waals surface area contributed by atoms with Crippen LogP contribution in [-0.4, -0.2) is 0 Å². The van der Waals surface area contributed by atoms with Gasteiger partial charge >= 0.3 is 0 Å². The number of rotatable bonds is 3. The fourth-order valence-corrected chi connectivity index (χ4v) is 3.02. The van der Waals surface area contributed by atoms with Crippen molar-refractivity contribution in [2.24, 2.45) is 0 Å². The molecule has 3 aromatic rings. The van der Waals surface area contributed by atoms with E-state index in [0.29, 0.717) is 28.0 Å². The first-order chi connectivity index (χ1) is 10.7. The zero-order valence-corrected chi connectivity index (χ0v) is 13.8. The van der Waals surface area contributed by atoms with Crippen LogP contribution in [0.1, 0.15) is 11.5 Å². The number of benzene rings is 2. The summed E-state index contributed by atoms with van der Waals surface area (Å²) in [5.74, 6) is 1.30. The van der Waals surface area contributed by atoms with Crippen molar-refractivity contribution in [1.82, 2.24) is 0 Å². The van der Waals surface area contributed by atoms with Crippen LogP contribution < -0.4 is 5.43 Å². The first-order valence-corrected chi connectivity index (χ1v) is 8.18. The second-order valence-electron chi connectivity index (χ2n) is 5.03. The molecule has 0 fully saturated rings. The molecule has 2 aromatic carbocycles. The zero-order chi connectivity index (χ0) is 15.5. The molecule has 0 aliphatic carbocycles. The highest BCUT2D eigenvalue weighted by Gasteiger charge is 2.18. The number of halogens is 1. The normalized spacial score (nSPS) is 10.6. The van der Waals surface area contributed by atoms with Crippen molar-refractivity contribution >= 4 is 15.9 Å². The predicted molar refractivity (Wildman–Crippen MR) is 93.2 cm³/mol. The third kappa shape index (κ3) is 2.64. The van der Waals surface area contributed by atoms with Crippen LogP contribution in [0, 0.1) is 6.92 Å². The Labute approximate surface area is 137 Å². The molecular formula is C19H15BrO2. The molecular weight excluding hydrogens is 340 g/mol. The van der Waals surface area contributed by atoms with Crippen molar-refractivity contribution in [3.05, 3.63) is 82.4 Å². The highest BCUT2D eigenvalue weighted by Crippen LogP contribution is 2.28. The van der Waals surface area contributed by atoms with Crippen LogP contribution >= 0.6 is 15.9 Å². The Balaban J connectivity index is 2.33. The van der Waals surface area contributed by atoms with E-state index in [-0.39, 0.29) is 5.43 Å². The first kappa shape index (κ1) is 14.8. The smallest absolute Gasteiger partial charge is 0.201 e. The molecule has 0 unspecified atom stereocenters. The molecule has 1 aromatic heterocycles. The molecule has 0 radical (unpaired) electrons. The standard InChI is InChI=1S/C19H15BrO2/c1-13-17(14-8-4-2-5-9-14)19(21)18(16(12-20)22-13)15-10-6-3-7-11-15/h2-11H,12H2,1H3. The summed E-state index contributed by atoms with van der Waals surface area (Å²) in [6.45, 7) is 1.84. The van der Waals surface area contributed by atoms with Gasteiger partial charge in [0, 0.05) is 0 Å². The van der Waals surface area contributed by atoms with E-state index in [4.69, 9.17) is 4.42 Å². The molecule has 0 aliphatic heterocycles. The molecule has 0 N–H and O–H groups in total. The molecule has 0 spiro atoms. The number of hydrogen-bond acceptors (Lipinski definition) is 2. The molecule has 0 saturated carbocycles. The minimum Gasteiger partial charge on any atom is -0.464 e. The van der Waals surface area contributed by atoms with Crippen LogP contribution in [0.3, 0.4) is 0 Å². The zero-order valence-electron chi connectivity index (χ0n) is 12.2. The molecule has 110 valence electrons. The van der Waals surface area contributed by atoms with Crippen LogP contribution in [-0.2, 0) is 5.33 Å². The van der Waals surface area contributed by atoms with Gasteiger partial charge in [-0.15, -0.1) is 0 Å². The maximum atomic E-state index is 13.1. The summed E-state index contributed by atoms with van der Waals surface area (Å²) in [6.07, 6.45) is 0. The highest BCUT2D eigenvalue weighted by atomic mass is 79.9. The Morgan fingerprint density at radius 2 is 1.36 bits per heavy atom. The number of aryl methyl sites for hydroxylation is 1. The largest absolute Gasteiger partial charge is 0.464 e. The van der Waals surface area contributed by atoms with Gasteiger partial charge in [0.05, 0.1) is 16.5 Å². The second kappa shape index (κ2) is 6.32. The van der Waals surface area contributed by atoms with Gasteiger partial charge in [-0.3, -0.25) is 4.79 Å². The minimum absolute atomic E-state index is 0.00981. The molecule has 2 nitrogen and oxygen atoms in total. The molecule has 3 rings (SSSR count). The SMILES string of the molecule is Cc1oc(CBr)c(-c2ccccc2)c(=O)c1-c1ccccc1. The van der Waals surface area contributed by atoms with E-state index in [1.54, 1.807) is 0 Å². The Morgan fingerprint density at radius 1 is 0.864 bits per heavy atom. The number of alkyl halides is 1. The van der Waals surface area contributed by atoms with Crippen molar-refractivity contribution in [1.29, 1.82) is 0 Å². The summed E-state index contributed by atoms with van der Waals surface area (Å²) in [4.78, 5) is 13.1. The highest BCUT2D eigenvalue weighted by molar-refractivity contribution is 9.08. The summed E-state index contributed by atoms with van der Waals surface area (Å²) in [6, 6.07) is 19.3. The summed E-state index contributed by atoms with van der Waals surface area (Å²) >= 11 is 3.42. The average Bonchev–Trinajstić information content (AvgIpc) is 2.56. The first-order valence-electron chi connectivity index (χ1n) is 7.05. The van der Waals surface area contributed by atoms with Gasteiger partial charge in [-0.25, -0.2) is 0 Å². The van der Waals surface area contributed by atoms with Gasteiger partial charge in [0.15, 0.2) is 0 Å². The van der Waals surface area contributed by atoms with Crippen molar-refractivity contribution in [3.63, 3.8) is 0 Å². The monoisotopic (exact) mass is 354 g/mol. The topological polar surface area (TPSA) is 30.2 Å². The van der Waals surface area contributed by atoms with Gasteiger partial charge in [-0.1, -0.05) is 76.6 Å². The maximum Gasteiger partial charge on any atom is 0.201 e. The third-order valence-electron chi connectivity index (χ3n) is 3.61. The Hall–Kier alpha value is -2.13. The van der Waals surface area contributed by atoms with Crippen LogP contribution in [0.4, 0.5) is 0 Å². The van der Waals surface area contributed by atoms with Crippen molar-refractivity contribution in [3.8, 4) is 22.3 Å². The van der Waals surface area contributed by atoms with Gasteiger partial charge in [0.2, 0.25) is 5.43 Å². The molecule has 0 aliphatic rings. The van der Waals surface area contributed by atoms with Crippen molar-refractivity contribution < 1.29 is 4.42 Å². The van der Waals surface area contributed by atoms with Crippen LogP contribution in [0.25, 0.3) is 22.3 Å². The van der Waals surface area contributed by atoms with E-state index in [1.165, 1.54) is 0 Å². The minimum atomic E-state index is 0.00981. The van der Waals surface area contributed by atoms with Crippen LogP contribution in [0.15, 0.2) is 69.9 Å². The lowest BCUT2D eigenvalue weighted by Crippen LogP contribution is -2.12. The van der Waals surface area contributed by atoms with Gasteiger partial charge in [0.1, 0.15) is 11.5 Å². The summed E-state index contributed by atoms with van der Waals surface area (Å²) in [7, 11) is 0. The van der Waals surface area contributed by atoms with E-state index in [0.717, 1.165) is 11.1 Å². The summed E-state index contributed by atoms with van der Waals surface area (Å²) < 4.78 is 5.93.